The van der Waals surface area contributed by atoms with Gasteiger partial charge >= 0.3 is 0 Å². The summed E-state index contributed by atoms with van der Waals surface area (Å²) in [4.78, 5) is 27.5. The van der Waals surface area contributed by atoms with Crippen molar-refractivity contribution >= 4 is 11.8 Å². The Balaban J connectivity index is 1.31. The summed E-state index contributed by atoms with van der Waals surface area (Å²) < 4.78 is 5.89. The number of hydrogen-bond acceptors (Lipinski definition) is 3. The Morgan fingerprint density at radius 2 is 1.45 bits per heavy atom. The third-order valence-corrected chi connectivity index (χ3v) is 6.01. The summed E-state index contributed by atoms with van der Waals surface area (Å²) in [6, 6.07) is 27.3. The van der Waals surface area contributed by atoms with Gasteiger partial charge in [0.25, 0.3) is 0 Å². The molecule has 0 aliphatic carbocycles. The van der Waals surface area contributed by atoms with E-state index in [2.05, 4.69) is 5.32 Å². The highest BCUT2D eigenvalue weighted by Crippen LogP contribution is 2.20. The van der Waals surface area contributed by atoms with Crippen molar-refractivity contribution in [2.75, 3.05) is 6.54 Å². The van der Waals surface area contributed by atoms with Gasteiger partial charge in [-0.1, -0.05) is 84.9 Å². The van der Waals surface area contributed by atoms with Crippen molar-refractivity contribution in [2.45, 2.75) is 45.1 Å². The minimum atomic E-state index is -0.400. The molecule has 0 spiro atoms. The fourth-order valence-electron chi connectivity index (χ4n) is 4.23. The van der Waals surface area contributed by atoms with Crippen molar-refractivity contribution in [2.24, 2.45) is 0 Å². The molecule has 3 aromatic carbocycles. The molecule has 0 saturated carbocycles. The molecule has 1 saturated heterocycles. The van der Waals surface area contributed by atoms with E-state index in [1.54, 1.807) is 4.90 Å². The Kier molecular flexibility index (Phi) is 7.88. The summed E-state index contributed by atoms with van der Waals surface area (Å²) in [5.74, 6) is -0.0810. The van der Waals surface area contributed by atoms with Crippen LogP contribution in [0.2, 0.25) is 0 Å². The smallest absolute Gasteiger partial charge is 0.243 e. The number of nitrogens with zero attached hydrogens (tertiary/aromatic N) is 1. The molecule has 0 aromatic heterocycles. The molecule has 1 N–H and O–H groups in total. The SMILES string of the molecule is O=C(NCc1ccccc1COCc1ccccc1)C1CCCN1C(=O)Cc1ccccc1. The molecule has 170 valence electrons. The highest BCUT2D eigenvalue weighted by molar-refractivity contribution is 5.89. The van der Waals surface area contributed by atoms with Crippen LogP contribution in [0.25, 0.3) is 0 Å². The number of hydrogen-bond donors (Lipinski definition) is 1. The maximum absolute atomic E-state index is 13.0. The molecule has 5 heteroatoms. The van der Waals surface area contributed by atoms with Crippen LogP contribution >= 0.6 is 0 Å². The van der Waals surface area contributed by atoms with E-state index in [0.29, 0.717) is 39.1 Å². The molecule has 3 aromatic rings. The topological polar surface area (TPSA) is 58.6 Å². The van der Waals surface area contributed by atoms with Gasteiger partial charge in [0.15, 0.2) is 0 Å². The maximum Gasteiger partial charge on any atom is 0.243 e. The number of nitrogens with one attached hydrogen (secondary N) is 1. The van der Waals surface area contributed by atoms with E-state index in [9.17, 15) is 9.59 Å². The summed E-state index contributed by atoms with van der Waals surface area (Å²) in [6.45, 7) is 2.07. The first-order chi connectivity index (χ1) is 16.2. The average molecular weight is 443 g/mol. The van der Waals surface area contributed by atoms with Gasteiger partial charge in [0.1, 0.15) is 6.04 Å². The van der Waals surface area contributed by atoms with Crippen molar-refractivity contribution < 1.29 is 14.3 Å². The molecule has 1 aliphatic rings. The Labute approximate surface area is 195 Å². The van der Waals surface area contributed by atoms with Crippen LogP contribution in [0.1, 0.15) is 35.1 Å². The van der Waals surface area contributed by atoms with E-state index in [1.165, 1.54) is 0 Å². The van der Waals surface area contributed by atoms with Gasteiger partial charge < -0.3 is 15.0 Å². The lowest BCUT2D eigenvalue weighted by Gasteiger charge is -2.24. The third-order valence-electron chi connectivity index (χ3n) is 6.01. The lowest BCUT2D eigenvalue weighted by atomic mass is 10.1. The quantitative estimate of drug-likeness (QED) is 0.539. The largest absolute Gasteiger partial charge is 0.372 e. The minimum absolute atomic E-state index is 0.00793. The van der Waals surface area contributed by atoms with Gasteiger partial charge in [-0.2, -0.15) is 0 Å². The Hall–Kier alpha value is -3.44. The molecule has 1 atom stereocenters. The molecule has 2 amide bonds. The fourth-order valence-corrected chi connectivity index (χ4v) is 4.23. The van der Waals surface area contributed by atoms with Gasteiger partial charge in [-0.05, 0) is 35.1 Å². The van der Waals surface area contributed by atoms with Crippen LogP contribution in [0.3, 0.4) is 0 Å². The second-order valence-corrected chi connectivity index (χ2v) is 8.37. The first-order valence-electron chi connectivity index (χ1n) is 11.5. The zero-order chi connectivity index (χ0) is 22.9. The zero-order valence-electron chi connectivity index (χ0n) is 18.8. The highest BCUT2D eigenvalue weighted by Gasteiger charge is 2.33. The number of likely N-dealkylation sites (tertiary alicyclic amines) is 1. The molecule has 1 unspecified atom stereocenters. The number of rotatable bonds is 9. The Bertz CT molecular complexity index is 1050. The fraction of sp³-hybridized carbons (Fsp3) is 0.286. The summed E-state index contributed by atoms with van der Waals surface area (Å²) >= 11 is 0. The van der Waals surface area contributed by atoms with Gasteiger partial charge in [0, 0.05) is 13.1 Å². The molecule has 0 radical (unpaired) electrons. The van der Waals surface area contributed by atoms with E-state index in [-0.39, 0.29) is 11.8 Å². The second kappa shape index (κ2) is 11.4. The number of carbonyl (C=O) groups is 2. The lowest BCUT2D eigenvalue weighted by molar-refractivity contribution is -0.138. The Morgan fingerprint density at radius 3 is 2.18 bits per heavy atom. The van der Waals surface area contributed by atoms with E-state index >= 15 is 0 Å². The van der Waals surface area contributed by atoms with Crippen molar-refractivity contribution in [1.82, 2.24) is 10.2 Å². The maximum atomic E-state index is 13.0. The number of benzene rings is 3. The van der Waals surface area contributed by atoms with Crippen LogP contribution in [0.15, 0.2) is 84.9 Å². The van der Waals surface area contributed by atoms with Crippen LogP contribution in [0.4, 0.5) is 0 Å². The standard InChI is InChI=1S/C28H30N2O3/c31-27(18-22-10-3-1-4-11-22)30-17-9-16-26(30)28(32)29-19-24-14-7-8-15-25(24)21-33-20-23-12-5-2-6-13-23/h1-8,10-15,26H,9,16-21H2,(H,29,32). The van der Waals surface area contributed by atoms with E-state index in [1.807, 2.05) is 84.9 Å². The second-order valence-electron chi connectivity index (χ2n) is 8.37. The van der Waals surface area contributed by atoms with Crippen LogP contribution in [-0.2, 0) is 40.5 Å². The molecular weight excluding hydrogens is 412 g/mol. The average Bonchev–Trinajstić information content (AvgIpc) is 3.35. The zero-order valence-corrected chi connectivity index (χ0v) is 18.8. The van der Waals surface area contributed by atoms with Crippen molar-refractivity contribution in [3.63, 3.8) is 0 Å². The molecule has 33 heavy (non-hydrogen) atoms. The van der Waals surface area contributed by atoms with E-state index in [0.717, 1.165) is 28.7 Å². The van der Waals surface area contributed by atoms with Gasteiger partial charge in [0.2, 0.25) is 11.8 Å². The van der Waals surface area contributed by atoms with Gasteiger partial charge in [0.05, 0.1) is 19.6 Å². The molecule has 1 aliphatic heterocycles. The van der Waals surface area contributed by atoms with E-state index < -0.39 is 6.04 Å². The normalized spacial score (nSPS) is 15.4. The van der Waals surface area contributed by atoms with Crippen molar-refractivity contribution in [1.29, 1.82) is 0 Å². The molecular formula is C28H30N2O3. The lowest BCUT2D eigenvalue weighted by Crippen LogP contribution is -2.46. The molecule has 5 nitrogen and oxygen atoms in total. The van der Waals surface area contributed by atoms with Gasteiger partial charge in [-0.3, -0.25) is 9.59 Å². The molecule has 0 bridgehead atoms. The predicted molar refractivity (Wildman–Crippen MR) is 128 cm³/mol. The summed E-state index contributed by atoms with van der Waals surface area (Å²) in [6.07, 6.45) is 1.88. The van der Waals surface area contributed by atoms with Gasteiger partial charge in [-0.15, -0.1) is 0 Å². The van der Waals surface area contributed by atoms with Crippen molar-refractivity contribution in [3.8, 4) is 0 Å². The van der Waals surface area contributed by atoms with Crippen molar-refractivity contribution in [3.05, 3.63) is 107 Å². The van der Waals surface area contributed by atoms with Crippen LogP contribution < -0.4 is 5.32 Å². The number of carbonyl (C=O) groups excluding carboxylic acids is 2. The van der Waals surface area contributed by atoms with Crippen LogP contribution in [0.5, 0.6) is 0 Å². The van der Waals surface area contributed by atoms with Crippen LogP contribution in [0, 0.1) is 0 Å². The number of ether oxygens (including phenoxy) is 1. The first-order valence-corrected chi connectivity index (χ1v) is 11.5. The van der Waals surface area contributed by atoms with Gasteiger partial charge in [-0.25, -0.2) is 0 Å². The first kappa shape index (κ1) is 22.7. The monoisotopic (exact) mass is 442 g/mol. The molecule has 1 fully saturated rings. The predicted octanol–water partition coefficient (Wildman–Crippen LogP) is 4.25. The minimum Gasteiger partial charge on any atom is -0.372 e. The number of amides is 2. The van der Waals surface area contributed by atoms with E-state index in [4.69, 9.17) is 4.74 Å². The summed E-state index contributed by atoms with van der Waals surface area (Å²) in [7, 11) is 0. The molecule has 1 heterocycles. The summed E-state index contributed by atoms with van der Waals surface area (Å²) in [5.41, 5.74) is 4.18. The van der Waals surface area contributed by atoms with Crippen LogP contribution in [-0.4, -0.2) is 29.3 Å². The summed E-state index contributed by atoms with van der Waals surface area (Å²) in [5, 5.41) is 3.05. The third kappa shape index (κ3) is 6.30. The Morgan fingerprint density at radius 1 is 0.818 bits per heavy atom. The molecule has 4 rings (SSSR count). The highest BCUT2D eigenvalue weighted by atomic mass is 16.5.